The molecule has 0 aliphatic carbocycles. The van der Waals surface area contributed by atoms with Gasteiger partial charge in [-0.1, -0.05) is 50.3 Å². The maximum atomic E-state index is 5.41. The molecule has 0 radical (unpaired) electrons. The Kier molecular flexibility index (Phi) is 5.41. The first kappa shape index (κ1) is 15.7. The molecule has 3 unspecified atom stereocenters. The molecule has 0 bridgehead atoms. The fraction of sp³-hybridized carbons (Fsp3) is 0.647. The molecule has 1 heterocycles. The Hall–Kier alpha value is -0.643. The second-order valence-electron chi connectivity index (χ2n) is 7.00. The van der Waals surface area contributed by atoms with Crippen LogP contribution in [0, 0.1) is 0 Å². The summed E-state index contributed by atoms with van der Waals surface area (Å²) < 4.78 is 5.41. The molecule has 0 aromatic heterocycles. The van der Waals surface area contributed by atoms with Crippen LogP contribution in [0.25, 0.3) is 0 Å². The summed E-state index contributed by atoms with van der Waals surface area (Å²) in [5.74, 6) is 0. The van der Waals surface area contributed by atoms with E-state index in [1.807, 2.05) is 7.11 Å². The van der Waals surface area contributed by atoms with E-state index in [2.05, 4.69) is 50.3 Å². The molecule has 1 aromatic rings. The van der Waals surface area contributed by atoms with Crippen LogP contribution in [-0.2, 0) is 4.74 Å². The minimum atomic E-state index is -1.28. The van der Waals surface area contributed by atoms with Gasteiger partial charge in [-0.3, -0.25) is 0 Å². The minimum absolute atomic E-state index is 0.722. The van der Waals surface area contributed by atoms with Gasteiger partial charge < -0.3 is 9.64 Å². The van der Waals surface area contributed by atoms with Gasteiger partial charge in [0.2, 0.25) is 0 Å². The molecule has 1 aliphatic rings. The number of quaternary nitrogens is 1. The fourth-order valence-electron chi connectivity index (χ4n) is 3.55. The molecule has 0 spiro atoms. The van der Waals surface area contributed by atoms with E-state index in [1.54, 1.807) is 4.90 Å². The second kappa shape index (κ2) is 6.88. The smallest absolute Gasteiger partial charge is 0.120 e. The number of benzene rings is 1. The van der Waals surface area contributed by atoms with Gasteiger partial charge in [-0.05, 0) is 11.1 Å². The lowest BCUT2D eigenvalue weighted by atomic mass is 10.2. The third-order valence-corrected chi connectivity index (χ3v) is 9.19. The summed E-state index contributed by atoms with van der Waals surface area (Å²) in [6, 6.07) is 11.8. The van der Waals surface area contributed by atoms with E-state index in [0.29, 0.717) is 0 Å². The first-order valence-electron chi connectivity index (χ1n) is 7.93. The van der Waals surface area contributed by atoms with E-state index in [9.17, 15) is 0 Å². The summed E-state index contributed by atoms with van der Waals surface area (Å²) in [5, 5.41) is 0. The van der Waals surface area contributed by atoms with E-state index in [-0.39, 0.29) is 0 Å². The molecular weight excluding hydrogens is 262 g/mol. The summed E-state index contributed by atoms with van der Waals surface area (Å²) in [6.07, 6.45) is 4.08. The summed E-state index contributed by atoms with van der Waals surface area (Å²) in [5.41, 5.74) is 2.24. The van der Waals surface area contributed by atoms with Crippen molar-refractivity contribution in [3.63, 3.8) is 0 Å². The Bertz CT molecular complexity index is 407. The normalized spacial score (nSPS) is 24.8. The average molecular weight is 293 g/mol. The Morgan fingerprint density at radius 2 is 2.00 bits per heavy atom. The molecule has 3 heteroatoms. The molecule has 1 aromatic carbocycles. The zero-order valence-corrected chi connectivity index (χ0v) is 14.5. The van der Waals surface area contributed by atoms with Gasteiger partial charge in [-0.25, -0.2) is 0 Å². The van der Waals surface area contributed by atoms with Gasteiger partial charge in [0, 0.05) is 20.0 Å². The van der Waals surface area contributed by atoms with Crippen LogP contribution in [0.4, 0.5) is 0 Å². The summed E-state index contributed by atoms with van der Waals surface area (Å²) in [4.78, 5) is 1.80. The monoisotopic (exact) mass is 292 g/mol. The maximum absolute atomic E-state index is 5.41. The van der Waals surface area contributed by atoms with Gasteiger partial charge in [-0.2, -0.15) is 0 Å². The van der Waals surface area contributed by atoms with Crippen LogP contribution in [-0.4, -0.2) is 40.5 Å². The first-order valence-corrected chi connectivity index (χ1v) is 11.2. The molecule has 1 aliphatic heterocycles. The van der Waals surface area contributed by atoms with Crippen LogP contribution in [0.15, 0.2) is 30.3 Å². The Morgan fingerprint density at radius 1 is 1.30 bits per heavy atom. The standard InChI is InChI=1S/C17H29NOSi/c1-15(16-9-6-5-7-10-16)20(3,4)14-18-12-8-11-17(18)13-19-2/h5-7,9-10,15,17H,8,11-14H2,1-4H3/p+1. The van der Waals surface area contributed by atoms with Crippen molar-refractivity contribution < 1.29 is 9.64 Å². The van der Waals surface area contributed by atoms with Gasteiger partial charge in [0.1, 0.15) is 14.1 Å². The molecule has 2 rings (SSSR count). The van der Waals surface area contributed by atoms with Crippen molar-refractivity contribution in [2.45, 2.75) is 44.4 Å². The molecule has 1 N–H and O–H groups in total. The molecule has 2 nitrogen and oxygen atoms in total. The van der Waals surface area contributed by atoms with Gasteiger partial charge in [0.25, 0.3) is 0 Å². The van der Waals surface area contributed by atoms with Crippen molar-refractivity contribution in [2.75, 3.05) is 26.4 Å². The zero-order chi connectivity index (χ0) is 14.6. The van der Waals surface area contributed by atoms with Crippen LogP contribution < -0.4 is 4.90 Å². The number of methoxy groups -OCH3 is 1. The van der Waals surface area contributed by atoms with Gasteiger partial charge in [0.05, 0.1) is 19.3 Å². The van der Waals surface area contributed by atoms with E-state index in [4.69, 9.17) is 4.74 Å². The van der Waals surface area contributed by atoms with Crippen LogP contribution in [0.3, 0.4) is 0 Å². The molecule has 1 saturated heterocycles. The van der Waals surface area contributed by atoms with E-state index >= 15 is 0 Å². The molecule has 112 valence electrons. The number of likely N-dealkylation sites (tertiary alicyclic amines) is 1. The average Bonchev–Trinajstić information content (AvgIpc) is 2.86. The SMILES string of the molecule is COCC1CCC[NH+]1C[Si](C)(C)C(C)c1ccccc1. The predicted octanol–water partition coefficient (Wildman–Crippen LogP) is 2.27. The van der Waals surface area contributed by atoms with E-state index in [0.717, 1.165) is 18.2 Å². The van der Waals surface area contributed by atoms with Gasteiger partial charge in [-0.15, -0.1) is 0 Å². The van der Waals surface area contributed by atoms with Gasteiger partial charge >= 0.3 is 0 Å². The molecular formula is C17H30NOSi+. The van der Waals surface area contributed by atoms with Crippen LogP contribution in [0.2, 0.25) is 13.1 Å². The highest BCUT2D eigenvalue weighted by Crippen LogP contribution is 2.25. The van der Waals surface area contributed by atoms with Crippen LogP contribution >= 0.6 is 0 Å². The first-order chi connectivity index (χ1) is 9.54. The predicted molar refractivity (Wildman–Crippen MR) is 87.9 cm³/mol. The second-order valence-corrected chi connectivity index (χ2v) is 12.2. The summed E-state index contributed by atoms with van der Waals surface area (Å²) >= 11 is 0. The van der Waals surface area contributed by atoms with Crippen LogP contribution in [0.5, 0.6) is 0 Å². The summed E-state index contributed by atoms with van der Waals surface area (Å²) in [7, 11) is 0.562. The quantitative estimate of drug-likeness (QED) is 0.794. The highest BCUT2D eigenvalue weighted by molar-refractivity contribution is 6.78. The molecule has 0 saturated carbocycles. The van der Waals surface area contributed by atoms with Crippen molar-refractivity contribution in [3.8, 4) is 0 Å². The molecule has 0 amide bonds. The van der Waals surface area contributed by atoms with Crippen molar-refractivity contribution >= 4 is 8.07 Å². The van der Waals surface area contributed by atoms with E-state index in [1.165, 1.54) is 31.1 Å². The number of hydrogen-bond donors (Lipinski definition) is 1. The highest BCUT2D eigenvalue weighted by atomic mass is 28.3. The zero-order valence-electron chi connectivity index (χ0n) is 13.5. The Balaban J connectivity index is 2.03. The van der Waals surface area contributed by atoms with Crippen LogP contribution in [0.1, 0.15) is 30.9 Å². The third-order valence-electron chi connectivity index (χ3n) is 5.15. The van der Waals surface area contributed by atoms with Crippen molar-refractivity contribution in [2.24, 2.45) is 0 Å². The lowest BCUT2D eigenvalue weighted by molar-refractivity contribution is -0.903. The lowest BCUT2D eigenvalue weighted by Gasteiger charge is -2.34. The molecule has 3 atom stereocenters. The Morgan fingerprint density at radius 3 is 2.65 bits per heavy atom. The fourth-order valence-corrected chi connectivity index (χ4v) is 6.59. The minimum Gasteiger partial charge on any atom is -0.379 e. The van der Waals surface area contributed by atoms with Crippen molar-refractivity contribution in [1.29, 1.82) is 0 Å². The number of ether oxygens (including phenoxy) is 1. The largest absolute Gasteiger partial charge is 0.379 e. The van der Waals surface area contributed by atoms with E-state index < -0.39 is 8.07 Å². The number of rotatable bonds is 6. The number of hydrogen-bond acceptors (Lipinski definition) is 1. The molecule has 1 fully saturated rings. The lowest BCUT2D eigenvalue weighted by Crippen LogP contribution is -3.16. The van der Waals surface area contributed by atoms with Crippen molar-refractivity contribution in [3.05, 3.63) is 35.9 Å². The van der Waals surface area contributed by atoms with Gasteiger partial charge in [0.15, 0.2) is 0 Å². The summed E-state index contributed by atoms with van der Waals surface area (Å²) in [6.45, 7) is 9.81. The number of nitrogens with one attached hydrogen (secondary N) is 1. The highest BCUT2D eigenvalue weighted by Gasteiger charge is 2.38. The molecule has 20 heavy (non-hydrogen) atoms. The maximum Gasteiger partial charge on any atom is 0.120 e. The third kappa shape index (κ3) is 3.71. The Labute approximate surface area is 125 Å². The topological polar surface area (TPSA) is 13.7 Å². The van der Waals surface area contributed by atoms with Crippen molar-refractivity contribution in [1.82, 2.24) is 0 Å².